The van der Waals surface area contributed by atoms with Gasteiger partial charge in [-0.3, -0.25) is 0 Å². The van der Waals surface area contributed by atoms with E-state index in [1.165, 1.54) is 6.26 Å². The Labute approximate surface area is 345 Å². The summed E-state index contributed by atoms with van der Waals surface area (Å²) in [4.78, 5) is 0. The van der Waals surface area contributed by atoms with E-state index in [9.17, 15) is 0 Å². The van der Waals surface area contributed by atoms with Crippen molar-refractivity contribution in [2.75, 3.05) is 159 Å². The highest BCUT2D eigenvalue weighted by atomic mass is 16.6. The molecule has 58 heavy (non-hydrogen) atoms. The smallest absolute Gasteiger partial charge is 0.143 e. The van der Waals surface area contributed by atoms with E-state index in [-0.39, 0.29) is 0 Å². The van der Waals surface area contributed by atoms with Crippen LogP contribution >= 0.6 is 0 Å². The highest BCUT2D eigenvalue weighted by Crippen LogP contribution is 2.40. The summed E-state index contributed by atoms with van der Waals surface area (Å²) < 4.78 is 72.6. The highest BCUT2D eigenvalue weighted by Gasteiger charge is 2.37. The summed E-state index contributed by atoms with van der Waals surface area (Å²) in [7, 11) is 0. The molecule has 0 aliphatic rings. The molecular weight excluding hydrogens is 748 g/mol. The monoisotopic (exact) mass is 814 g/mol. The van der Waals surface area contributed by atoms with Gasteiger partial charge in [0.2, 0.25) is 0 Å². The predicted octanol–water partition coefficient (Wildman–Crippen LogP) is 5.34. The minimum atomic E-state index is -0.754. The van der Waals surface area contributed by atoms with Crippen LogP contribution in [0.4, 0.5) is 0 Å². The normalized spacial score (nSPS) is 11.6. The van der Waals surface area contributed by atoms with Crippen LogP contribution in [0, 0.1) is 0 Å². The van der Waals surface area contributed by atoms with Crippen LogP contribution in [0.2, 0.25) is 0 Å². The molecule has 3 rings (SSSR count). The molecule has 13 nitrogen and oxygen atoms in total. The minimum Gasteiger partial charge on any atom is -0.499 e. The standard InChI is InChI=1S/C45H66O13/c1-2-46-18-19-47-20-21-48-22-23-49-24-25-50-26-27-51-28-29-52-30-31-53-32-33-54-34-35-55-36-37-56-38-39-57-40-41-58-45(42-12-6-3-7-13-42,43-14-8-4-9-15-43)44-16-10-5-11-17-44/h2-17H,1,18-41H2. The van der Waals surface area contributed by atoms with Gasteiger partial charge in [0, 0.05) is 0 Å². The summed E-state index contributed by atoms with van der Waals surface area (Å²) in [6.45, 7) is 15.3. The predicted molar refractivity (Wildman–Crippen MR) is 220 cm³/mol. The molecule has 3 aromatic carbocycles. The molecule has 0 saturated carbocycles. The Balaban J connectivity index is 1.03. The Kier molecular flexibility index (Phi) is 30.2. The first-order valence-corrected chi connectivity index (χ1v) is 20.3. The van der Waals surface area contributed by atoms with Crippen LogP contribution in [0.15, 0.2) is 104 Å². The highest BCUT2D eigenvalue weighted by molar-refractivity contribution is 5.47. The van der Waals surface area contributed by atoms with Crippen molar-refractivity contribution in [3.63, 3.8) is 0 Å². The first-order chi connectivity index (χ1) is 28.9. The second-order valence-corrected chi connectivity index (χ2v) is 12.4. The fourth-order valence-electron chi connectivity index (χ4n) is 5.51. The molecule has 0 aliphatic carbocycles. The molecule has 0 unspecified atom stereocenters. The molecule has 0 fully saturated rings. The molecule has 13 heteroatoms. The largest absolute Gasteiger partial charge is 0.499 e. The summed E-state index contributed by atoms with van der Waals surface area (Å²) >= 11 is 0. The Morgan fingerprint density at radius 2 is 0.500 bits per heavy atom. The van der Waals surface area contributed by atoms with Crippen LogP contribution in [0.25, 0.3) is 0 Å². The zero-order chi connectivity index (χ0) is 40.7. The lowest BCUT2D eigenvalue weighted by atomic mass is 9.80. The van der Waals surface area contributed by atoms with Crippen LogP contribution in [0.3, 0.4) is 0 Å². The Morgan fingerprint density at radius 3 is 0.724 bits per heavy atom. The van der Waals surface area contributed by atoms with Gasteiger partial charge in [-0.05, 0) is 16.7 Å². The molecule has 0 amide bonds. The molecule has 0 aliphatic heterocycles. The van der Waals surface area contributed by atoms with Gasteiger partial charge in [-0.25, -0.2) is 0 Å². The second-order valence-electron chi connectivity index (χ2n) is 12.4. The number of hydrogen-bond acceptors (Lipinski definition) is 13. The molecule has 0 saturated heterocycles. The Morgan fingerprint density at radius 1 is 0.293 bits per heavy atom. The van der Waals surface area contributed by atoms with E-state index >= 15 is 0 Å². The molecule has 0 atom stereocenters. The summed E-state index contributed by atoms with van der Waals surface area (Å²) in [6, 6.07) is 31.0. The fraction of sp³-hybridized carbons (Fsp3) is 0.556. The van der Waals surface area contributed by atoms with Crippen molar-refractivity contribution >= 4 is 0 Å². The van der Waals surface area contributed by atoms with Crippen LogP contribution in [0.1, 0.15) is 16.7 Å². The molecule has 0 radical (unpaired) electrons. The number of benzene rings is 3. The molecule has 0 bridgehead atoms. The van der Waals surface area contributed by atoms with E-state index in [4.69, 9.17) is 61.6 Å². The van der Waals surface area contributed by atoms with Crippen LogP contribution < -0.4 is 0 Å². The lowest BCUT2D eigenvalue weighted by Gasteiger charge is -2.36. The SMILES string of the molecule is C=COCCOCCOCCOCCOCCOCCOCCOCCOCCOCCOCCOCCOC(c1ccccc1)(c1ccccc1)c1ccccc1. The number of ether oxygens (including phenoxy) is 13. The van der Waals surface area contributed by atoms with Gasteiger partial charge in [0.1, 0.15) is 12.2 Å². The lowest BCUT2D eigenvalue weighted by molar-refractivity contribution is -0.0399. The van der Waals surface area contributed by atoms with E-state index in [1.54, 1.807) is 0 Å². The summed E-state index contributed by atoms with van der Waals surface area (Å²) in [5.74, 6) is 0. The first kappa shape index (κ1) is 49.1. The third kappa shape index (κ3) is 22.8. The van der Waals surface area contributed by atoms with Crippen LogP contribution in [-0.2, 0) is 67.2 Å². The van der Waals surface area contributed by atoms with Crippen LogP contribution in [-0.4, -0.2) is 159 Å². The van der Waals surface area contributed by atoms with Gasteiger partial charge in [0.15, 0.2) is 0 Å². The molecule has 324 valence electrons. The Hall–Kier alpha value is -3.28. The summed E-state index contributed by atoms with van der Waals surface area (Å²) in [6.07, 6.45) is 1.40. The second kappa shape index (κ2) is 35.6. The maximum atomic E-state index is 6.73. The average Bonchev–Trinajstić information content (AvgIpc) is 3.27. The van der Waals surface area contributed by atoms with Crippen molar-refractivity contribution < 1.29 is 61.6 Å². The zero-order valence-electron chi connectivity index (χ0n) is 34.2. The van der Waals surface area contributed by atoms with E-state index in [0.29, 0.717) is 159 Å². The summed E-state index contributed by atoms with van der Waals surface area (Å²) in [5.41, 5.74) is 2.44. The Bertz CT molecular complexity index is 1220. The van der Waals surface area contributed by atoms with Gasteiger partial charge in [-0.15, -0.1) is 0 Å². The first-order valence-electron chi connectivity index (χ1n) is 20.3. The van der Waals surface area contributed by atoms with Crippen molar-refractivity contribution in [2.24, 2.45) is 0 Å². The van der Waals surface area contributed by atoms with Gasteiger partial charge in [0.25, 0.3) is 0 Å². The molecule has 0 spiro atoms. The van der Waals surface area contributed by atoms with Gasteiger partial charge in [-0.1, -0.05) is 97.6 Å². The van der Waals surface area contributed by atoms with E-state index in [0.717, 1.165) is 16.7 Å². The zero-order valence-corrected chi connectivity index (χ0v) is 34.2. The van der Waals surface area contributed by atoms with Gasteiger partial charge < -0.3 is 61.6 Å². The molecule has 0 heterocycles. The maximum absolute atomic E-state index is 6.73. The quantitative estimate of drug-likeness (QED) is 0.0417. The van der Waals surface area contributed by atoms with Crippen molar-refractivity contribution in [1.82, 2.24) is 0 Å². The van der Waals surface area contributed by atoms with E-state index in [1.807, 2.05) is 54.6 Å². The van der Waals surface area contributed by atoms with Gasteiger partial charge >= 0.3 is 0 Å². The lowest BCUT2D eigenvalue weighted by Crippen LogP contribution is -2.34. The van der Waals surface area contributed by atoms with Crippen LogP contribution in [0.5, 0.6) is 0 Å². The molecule has 0 N–H and O–H groups in total. The molecule has 3 aromatic rings. The van der Waals surface area contributed by atoms with Crippen molar-refractivity contribution in [3.05, 3.63) is 121 Å². The van der Waals surface area contributed by atoms with Crippen molar-refractivity contribution in [2.45, 2.75) is 5.60 Å². The number of hydrogen-bond donors (Lipinski definition) is 0. The van der Waals surface area contributed by atoms with E-state index in [2.05, 4.69) is 43.0 Å². The minimum absolute atomic E-state index is 0.413. The fourth-order valence-corrected chi connectivity index (χ4v) is 5.51. The van der Waals surface area contributed by atoms with Crippen molar-refractivity contribution in [1.29, 1.82) is 0 Å². The average molecular weight is 815 g/mol. The number of rotatable bonds is 41. The molecule has 0 aromatic heterocycles. The maximum Gasteiger partial charge on any atom is 0.143 e. The van der Waals surface area contributed by atoms with Crippen molar-refractivity contribution in [3.8, 4) is 0 Å². The van der Waals surface area contributed by atoms with Gasteiger partial charge in [-0.2, -0.15) is 0 Å². The third-order valence-electron chi connectivity index (χ3n) is 8.27. The van der Waals surface area contributed by atoms with Gasteiger partial charge in [0.05, 0.1) is 158 Å². The van der Waals surface area contributed by atoms with E-state index < -0.39 is 5.60 Å². The third-order valence-corrected chi connectivity index (χ3v) is 8.27. The summed E-state index contributed by atoms with van der Waals surface area (Å²) in [5, 5.41) is 0. The molecular formula is C45H66O13. The topological polar surface area (TPSA) is 120 Å².